The van der Waals surface area contributed by atoms with Gasteiger partial charge in [0.25, 0.3) is 17.7 Å². The molecule has 1 heterocycles. The molecule has 3 rings (SSSR count). The fraction of sp³-hybridized carbons (Fsp3) is 0.273. The van der Waals surface area contributed by atoms with E-state index in [-0.39, 0.29) is 37.1 Å². The second kappa shape index (κ2) is 8.77. The first kappa shape index (κ1) is 21.0. The average molecular weight is 410 g/mol. The minimum atomic E-state index is -0.519. The average Bonchev–Trinajstić information content (AvgIpc) is 2.98. The number of carbonyl (C=O) groups excluding carboxylic acids is 4. The van der Waals surface area contributed by atoms with Crippen LogP contribution in [0, 0.1) is 0 Å². The summed E-state index contributed by atoms with van der Waals surface area (Å²) in [5.74, 6) is -1.39. The molecule has 0 radical (unpaired) electrons. The number of carbonyl (C=O) groups is 4. The van der Waals surface area contributed by atoms with E-state index in [9.17, 15) is 19.2 Å². The van der Waals surface area contributed by atoms with Crippen molar-refractivity contribution < 1.29 is 28.7 Å². The highest BCUT2D eigenvalue weighted by Crippen LogP contribution is 2.27. The van der Waals surface area contributed by atoms with Crippen LogP contribution in [-0.4, -0.2) is 60.8 Å². The molecule has 0 aliphatic carbocycles. The van der Waals surface area contributed by atoms with Gasteiger partial charge in [-0.15, -0.1) is 0 Å². The fourth-order valence-corrected chi connectivity index (χ4v) is 3.26. The van der Waals surface area contributed by atoms with E-state index in [2.05, 4.69) is 0 Å². The highest BCUT2D eigenvalue weighted by atomic mass is 16.5. The van der Waals surface area contributed by atoms with Crippen LogP contribution in [0.3, 0.4) is 0 Å². The van der Waals surface area contributed by atoms with Crippen molar-refractivity contribution in [1.82, 2.24) is 9.80 Å². The number of imide groups is 1. The van der Waals surface area contributed by atoms with Crippen LogP contribution in [0.4, 0.5) is 0 Å². The molecule has 0 fully saturated rings. The van der Waals surface area contributed by atoms with Crippen molar-refractivity contribution in [2.75, 3.05) is 27.3 Å². The van der Waals surface area contributed by atoms with Crippen LogP contribution < -0.4 is 4.74 Å². The first-order chi connectivity index (χ1) is 14.4. The molecule has 156 valence electrons. The van der Waals surface area contributed by atoms with Crippen molar-refractivity contribution in [1.29, 1.82) is 0 Å². The Morgan fingerprint density at radius 2 is 1.67 bits per heavy atom. The third kappa shape index (κ3) is 4.03. The van der Waals surface area contributed by atoms with Crippen LogP contribution in [-0.2, 0) is 16.1 Å². The zero-order valence-electron chi connectivity index (χ0n) is 17.0. The Bertz CT molecular complexity index is 981. The minimum Gasteiger partial charge on any atom is -0.496 e. The van der Waals surface area contributed by atoms with Crippen molar-refractivity contribution in [2.45, 2.75) is 13.5 Å². The predicted molar refractivity (Wildman–Crippen MR) is 107 cm³/mol. The zero-order valence-corrected chi connectivity index (χ0v) is 17.0. The molecule has 0 bridgehead atoms. The van der Waals surface area contributed by atoms with Gasteiger partial charge in [-0.25, -0.2) is 0 Å². The summed E-state index contributed by atoms with van der Waals surface area (Å²) in [7, 11) is 2.91. The highest BCUT2D eigenvalue weighted by Gasteiger charge is 2.35. The quantitative estimate of drug-likeness (QED) is 0.513. The van der Waals surface area contributed by atoms with Crippen molar-refractivity contribution in [3.8, 4) is 5.75 Å². The molecule has 1 aliphatic rings. The molecule has 8 nitrogen and oxygen atoms in total. The number of fused-ring (bicyclic) bond motifs is 1. The van der Waals surface area contributed by atoms with E-state index in [1.165, 1.54) is 19.1 Å². The van der Waals surface area contributed by atoms with Gasteiger partial charge in [0.2, 0.25) is 0 Å². The van der Waals surface area contributed by atoms with Gasteiger partial charge in [0.1, 0.15) is 12.3 Å². The van der Waals surface area contributed by atoms with Gasteiger partial charge in [0, 0.05) is 7.05 Å². The molecular formula is C22H22N2O6. The van der Waals surface area contributed by atoms with Crippen LogP contribution >= 0.6 is 0 Å². The molecule has 2 aromatic carbocycles. The SMILES string of the molecule is CCOC(=O)CN(C)C(=O)c1cc(CN2C(=O)c3ccccc3C2=O)ccc1OC. The topological polar surface area (TPSA) is 93.2 Å². The lowest BCUT2D eigenvalue weighted by Gasteiger charge is -2.19. The van der Waals surface area contributed by atoms with Crippen LogP contribution in [0.2, 0.25) is 0 Å². The van der Waals surface area contributed by atoms with Crippen LogP contribution in [0.25, 0.3) is 0 Å². The number of hydrogen-bond acceptors (Lipinski definition) is 6. The van der Waals surface area contributed by atoms with E-state index in [0.29, 0.717) is 22.4 Å². The summed E-state index contributed by atoms with van der Waals surface area (Å²) in [5.41, 5.74) is 1.53. The first-order valence-electron chi connectivity index (χ1n) is 9.40. The second-order valence-electron chi connectivity index (χ2n) is 6.74. The lowest BCUT2D eigenvalue weighted by Crippen LogP contribution is -2.33. The lowest BCUT2D eigenvalue weighted by molar-refractivity contribution is -0.143. The number of nitrogens with zero attached hydrogens (tertiary/aromatic N) is 2. The maximum atomic E-state index is 12.9. The van der Waals surface area contributed by atoms with Gasteiger partial charge in [-0.3, -0.25) is 24.1 Å². The van der Waals surface area contributed by atoms with E-state index in [1.807, 2.05) is 0 Å². The standard InChI is InChI=1S/C22H22N2O6/c1-4-30-19(25)13-23(2)20(26)17-11-14(9-10-18(17)29-3)12-24-21(27)15-7-5-6-8-16(15)22(24)28/h5-11H,4,12-13H2,1-3H3. The lowest BCUT2D eigenvalue weighted by atomic mass is 10.1. The van der Waals surface area contributed by atoms with Crippen molar-refractivity contribution >= 4 is 23.7 Å². The largest absolute Gasteiger partial charge is 0.496 e. The molecule has 30 heavy (non-hydrogen) atoms. The Hall–Kier alpha value is -3.68. The van der Waals surface area contributed by atoms with Crippen LogP contribution in [0.5, 0.6) is 5.75 Å². The molecule has 0 atom stereocenters. The van der Waals surface area contributed by atoms with Crippen molar-refractivity contribution in [2.24, 2.45) is 0 Å². The van der Waals surface area contributed by atoms with Gasteiger partial charge in [-0.2, -0.15) is 0 Å². The summed E-state index contributed by atoms with van der Waals surface area (Å²) < 4.78 is 10.2. The summed E-state index contributed by atoms with van der Waals surface area (Å²) in [6, 6.07) is 11.5. The first-order valence-corrected chi connectivity index (χ1v) is 9.40. The molecule has 1 aliphatic heterocycles. The smallest absolute Gasteiger partial charge is 0.325 e. The molecule has 0 aromatic heterocycles. The molecule has 0 saturated heterocycles. The molecular weight excluding hydrogens is 388 g/mol. The summed E-state index contributed by atoms with van der Waals surface area (Å²) in [4.78, 5) is 52.1. The molecule has 0 saturated carbocycles. The van der Waals surface area contributed by atoms with E-state index in [1.54, 1.807) is 49.4 Å². The Kier molecular flexibility index (Phi) is 6.15. The maximum absolute atomic E-state index is 12.9. The third-order valence-corrected chi connectivity index (χ3v) is 4.73. The number of amides is 3. The maximum Gasteiger partial charge on any atom is 0.325 e. The number of ether oxygens (including phenoxy) is 2. The Labute approximate surface area is 174 Å². The molecule has 3 amide bonds. The zero-order chi connectivity index (χ0) is 21.8. The summed E-state index contributed by atoms with van der Waals surface area (Å²) in [5, 5.41) is 0. The number of benzene rings is 2. The highest BCUT2D eigenvalue weighted by molar-refractivity contribution is 6.21. The molecule has 0 unspecified atom stereocenters. The fourth-order valence-electron chi connectivity index (χ4n) is 3.26. The van der Waals surface area contributed by atoms with Gasteiger partial charge in [0.15, 0.2) is 0 Å². The Balaban J connectivity index is 1.83. The van der Waals surface area contributed by atoms with E-state index < -0.39 is 11.9 Å². The number of esters is 1. The van der Waals surface area contributed by atoms with E-state index >= 15 is 0 Å². The van der Waals surface area contributed by atoms with Gasteiger partial charge < -0.3 is 14.4 Å². The number of methoxy groups -OCH3 is 1. The molecule has 8 heteroatoms. The Morgan fingerprint density at radius 3 is 2.23 bits per heavy atom. The molecule has 2 aromatic rings. The van der Waals surface area contributed by atoms with E-state index in [0.717, 1.165) is 4.90 Å². The predicted octanol–water partition coefficient (Wildman–Crippen LogP) is 2.13. The van der Waals surface area contributed by atoms with Crippen molar-refractivity contribution in [3.63, 3.8) is 0 Å². The van der Waals surface area contributed by atoms with Gasteiger partial charge in [-0.1, -0.05) is 18.2 Å². The summed E-state index contributed by atoms with van der Waals surface area (Å²) in [6.07, 6.45) is 0. The normalized spacial score (nSPS) is 12.6. The van der Waals surface area contributed by atoms with Crippen molar-refractivity contribution in [3.05, 3.63) is 64.7 Å². The monoisotopic (exact) mass is 410 g/mol. The minimum absolute atomic E-state index is 0.0121. The second-order valence-corrected chi connectivity index (χ2v) is 6.74. The molecule has 0 N–H and O–H groups in total. The van der Waals surface area contributed by atoms with Gasteiger partial charge in [0.05, 0.1) is 37.0 Å². The van der Waals surface area contributed by atoms with Crippen LogP contribution in [0.1, 0.15) is 43.6 Å². The summed E-state index contributed by atoms with van der Waals surface area (Å²) in [6.45, 7) is 1.71. The number of rotatable bonds is 7. The van der Waals surface area contributed by atoms with Gasteiger partial charge >= 0.3 is 5.97 Å². The molecule has 0 spiro atoms. The van der Waals surface area contributed by atoms with Gasteiger partial charge in [-0.05, 0) is 36.8 Å². The van der Waals surface area contributed by atoms with E-state index in [4.69, 9.17) is 9.47 Å². The van der Waals surface area contributed by atoms with Crippen LogP contribution in [0.15, 0.2) is 42.5 Å². The Morgan fingerprint density at radius 1 is 1.03 bits per heavy atom. The third-order valence-electron chi connectivity index (χ3n) is 4.73. The number of hydrogen-bond donors (Lipinski definition) is 0. The summed E-state index contributed by atoms with van der Waals surface area (Å²) >= 11 is 0. The number of likely N-dealkylation sites (N-methyl/N-ethyl adjacent to an activating group) is 1.